The molecule has 3 saturated carbocycles. The topological polar surface area (TPSA) is 20.2 Å². The van der Waals surface area contributed by atoms with Crippen LogP contribution in [0.4, 0.5) is 0 Å². The van der Waals surface area contributed by atoms with Crippen LogP contribution in [0.5, 0.6) is 0 Å². The van der Waals surface area contributed by atoms with Crippen LogP contribution >= 0.6 is 0 Å². The summed E-state index contributed by atoms with van der Waals surface area (Å²) in [7, 11) is 0. The highest BCUT2D eigenvalue weighted by Gasteiger charge is 2.52. The Hall–Kier alpha value is -0.300. The summed E-state index contributed by atoms with van der Waals surface area (Å²) in [5, 5.41) is 9.96. The lowest BCUT2D eigenvalue weighted by atomic mass is 9.87. The van der Waals surface area contributed by atoms with E-state index in [-0.39, 0.29) is 6.10 Å². The van der Waals surface area contributed by atoms with E-state index in [9.17, 15) is 5.11 Å². The Bertz CT molecular complexity index is 246. The van der Waals surface area contributed by atoms with Gasteiger partial charge in [-0.25, -0.2) is 0 Å². The van der Waals surface area contributed by atoms with E-state index in [0.29, 0.717) is 11.8 Å². The molecule has 0 spiro atoms. The Morgan fingerprint density at radius 1 is 1.31 bits per heavy atom. The number of aliphatic hydroxyl groups is 1. The minimum Gasteiger partial charge on any atom is -0.392 e. The van der Waals surface area contributed by atoms with Gasteiger partial charge in [-0.15, -0.1) is 0 Å². The lowest BCUT2D eigenvalue weighted by molar-refractivity contribution is 0.102. The number of hydrogen-bond donors (Lipinski definition) is 1. The third kappa shape index (κ3) is 1.10. The van der Waals surface area contributed by atoms with Crippen molar-refractivity contribution in [3.8, 4) is 0 Å². The predicted octanol–water partition coefficient (Wildman–Crippen LogP) is 2.36. The second-order valence-corrected chi connectivity index (χ2v) is 5.20. The smallest absolute Gasteiger partial charge is 0.0613 e. The van der Waals surface area contributed by atoms with Crippen LogP contribution in [0.3, 0.4) is 0 Å². The summed E-state index contributed by atoms with van der Waals surface area (Å²) in [5.41, 5.74) is 1.34. The van der Waals surface area contributed by atoms with Gasteiger partial charge in [-0.05, 0) is 42.9 Å². The fourth-order valence-electron chi connectivity index (χ4n) is 3.75. The monoisotopic (exact) mass is 178 g/mol. The molecule has 0 amide bonds. The molecule has 1 heteroatoms. The largest absolute Gasteiger partial charge is 0.392 e. The summed E-state index contributed by atoms with van der Waals surface area (Å²) in [6.07, 6.45) is 6.31. The minimum absolute atomic E-state index is 0.0504. The maximum Gasteiger partial charge on any atom is 0.0613 e. The van der Waals surface area contributed by atoms with Crippen LogP contribution in [0.25, 0.3) is 0 Å². The fourth-order valence-corrected chi connectivity index (χ4v) is 3.75. The zero-order valence-electron chi connectivity index (χ0n) is 8.08. The average Bonchev–Trinajstić information content (AvgIpc) is 2.73. The molecule has 3 rings (SSSR count). The van der Waals surface area contributed by atoms with Crippen molar-refractivity contribution in [3.05, 3.63) is 12.2 Å². The second-order valence-electron chi connectivity index (χ2n) is 5.20. The third-order valence-electron chi connectivity index (χ3n) is 4.47. The Labute approximate surface area is 79.8 Å². The van der Waals surface area contributed by atoms with E-state index >= 15 is 0 Å². The molecule has 13 heavy (non-hydrogen) atoms. The van der Waals surface area contributed by atoms with E-state index in [1.54, 1.807) is 0 Å². The molecule has 3 aliphatic rings. The van der Waals surface area contributed by atoms with E-state index < -0.39 is 0 Å². The van der Waals surface area contributed by atoms with Gasteiger partial charge in [-0.2, -0.15) is 0 Å². The molecular formula is C12H18O. The van der Waals surface area contributed by atoms with Crippen molar-refractivity contribution in [1.29, 1.82) is 0 Å². The van der Waals surface area contributed by atoms with Crippen molar-refractivity contribution in [2.24, 2.45) is 23.7 Å². The van der Waals surface area contributed by atoms with Crippen molar-refractivity contribution < 1.29 is 5.11 Å². The number of fused-ring (bicyclic) bond motifs is 3. The molecule has 3 aliphatic carbocycles. The first-order chi connectivity index (χ1) is 6.27. The van der Waals surface area contributed by atoms with Crippen molar-refractivity contribution >= 4 is 0 Å². The first-order valence-corrected chi connectivity index (χ1v) is 5.63. The van der Waals surface area contributed by atoms with Gasteiger partial charge in [0, 0.05) is 0 Å². The summed E-state index contributed by atoms with van der Waals surface area (Å²) in [5.74, 6) is 3.10. The lowest BCUT2D eigenvalue weighted by Crippen LogP contribution is -2.21. The van der Waals surface area contributed by atoms with Crippen LogP contribution in [-0.4, -0.2) is 11.2 Å². The van der Waals surface area contributed by atoms with E-state index in [1.165, 1.54) is 31.3 Å². The summed E-state index contributed by atoms with van der Waals surface area (Å²) in [6.45, 7) is 4.12. The second kappa shape index (κ2) is 2.60. The van der Waals surface area contributed by atoms with Gasteiger partial charge < -0.3 is 5.11 Å². The van der Waals surface area contributed by atoms with Crippen LogP contribution in [-0.2, 0) is 0 Å². The van der Waals surface area contributed by atoms with Crippen LogP contribution < -0.4 is 0 Å². The SMILES string of the molecule is C=C1CC(O)C2C1CCCC1CC12. The molecule has 5 atom stereocenters. The summed E-state index contributed by atoms with van der Waals surface area (Å²) < 4.78 is 0. The standard InChI is InChI=1S/C12H18O/c1-7-5-11(13)12-9(7)4-2-3-8-6-10(8)12/h8-13H,1-6H2. The van der Waals surface area contributed by atoms with Crippen LogP contribution in [0.15, 0.2) is 12.2 Å². The third-order valence-corrected chi connectivity index (χ3v) is 4.47. The van der Waals surface area contributed by atoms with Gasteiger partial charge in [0.15, 0.2) is 0 Å². The molecule has 0 saturated heterocycles. The summed E-state index contributed by atoms with van der Waals surface area (Å²) in [6, 6.07) is 0. The molecule has 0 aliphatic heterocycles. The van der Waals surface area contributed by atoms with Gasteiger partial charge in [-0.1, -0.05) is 25.0 Å². The first kappa shape index (κ1) is 8.05. The van der Waals surface area contributed by atoms with Gasteiger partial charge in [-0.3, -0.25) is 0 Å². The van der Waals surface area contributed by atoms with Crippen LogP contribution in [0.1, 0.15) is 32.1 Å². The normalized spacial score (nSPS) is 53.9. The molecule has 72 valence electrons. The van der Waals surface area contributed by atoms with Crippen LogP contribution in [0, 0.1) is 23.7 Å². The first-order valence-electron chi connectivity index (χ1n) is 5.63. The van der Waals surface area contributed by atoms with E-state index in [2.05, 4.69) is 6.58 Å². The molecule has 0 bridgehead atoms. The van der Waals surface area contributed by atoms with Crippen molar-refractivity contribution in [1.82, 2.24) is 0 Å². The molecule has 5 unspecified atom stereocenters. The van der Waals surface area contributed by atoms with Gasteiger partial charge in [0.2, 0.25) is 0 Å². The fraction of sp³-hybridized carbons (Fsp3) is 0.833. The maximum absolute atomic E-state index is 9.96. The lowest BCUT2D eigenvalue weighted by Gasteiger charge is -2.20. The average molecular weight is 178 g/mol. The molecule has 1 N–H and O–H groups in total. The Morgan fingerprint density at radius 3 is 3.00 bits per heavy atom. The molecule has 0 aromatic carbocycles. The Balaban J connectivity index is 1.88. The molecule has 0 aromatic heterocycles. The van der Waals surface area contributed by atoms with Gasteiger partial charge in [0.25, 0.3) is 0 Å². The molecule has 1 nitrogen and oxygen atoms in total. The Morgan fingerprint density at radius 2 is 2.15 bits per heavy atom. The van der Waals surface area contributed by atoms with E-state index in [0.717, 1.165) is 18.3 Å². The highest BCUT2D eigenvalue weighted by Crippen LogP contribution is 2.58. The maximum atomic E-state index is 9.96. The number of aliphatic hydroxyl groups excluding tert-OH is 1. The Kier molecular flexibility index (Phi) is 1.61. The van der Waals surface area contributed by atoms with Crippen molar-refractivity contribution in [2.45, 2.75) is 38.2 Å². The zero-order valence-corrected chi connectivity index (χ0v) is 8.08. The predicted molar refractivity (Wildman–Crippen MR) is 52.2 cm³/mol. The van der Waals surface area contributed by atoms with Crippen LogP contribution in [0.2, 0.25) is 0 Å². The molecule has 0 radical (unpaired) electrons. The highest BCUT2D eigenvalue weighted by atomic mass is 16.3. The quantitative estimate of drug-likeness (QED) is 0.565. The van der Waals surface area contributed by atoms with Gasteiger partial charge in [0.1, 0.15) is 0 Å². The number of rotatable bonds is 0. The summed E-state index contributed by atoms with van der Waals surface area (Å²) >= 11 is 0. The number of hydrogen-bond acceptors (Lipinski definition) is 1. The molecule has 0 aromatic rings. The van der Waals surface area contributed by atoms with E-state index in [1.807, 2.05) is 0 Å². The van der Waals surface area contributed by atoms with Gasteiger partial charge in [0.05, 0.1) is 6.10 Å². The van der Waals surface area contributed by atoms with Gasteiger partial charge >= 0.3 is 0 Å². The summed E-state index contributed by atoms with van der Waals surface area (Å²) in [4.78, 5) is 0. The minimum atomic E-state index is -0.0504. The molecular weight excluding hydrogens is 160 g/mol. The van der Waals surface area contributed by atoms with Crippen molar-refractivity contribution in [3.63, 3.8) is 0 Å². The van der Waals surface area contributed by atoms with E-state index in [4.69, 9.17) is 0 Å². The van der Waals surface area contributed by atoms with Crippen molar-refractivity contribution in [2.75, 3.05) is 0 Å². The molecule has 0 heterocycles. The highest BCUT2D eigenvalue weighted by molar-refractivity contribution is 5.17. The molecule has 3 fully saturated rings. The zero-order chi connectivity index (χ0) is 9.00.